The number of esters is 1. The first-order chi connectivity index (χ1) is 18.2. The maximum Gasteiger partial charge on any atom is 0.373 e. The number of methoxy groups -OCH3 is 1. The van der Waals surface area contributed by atoms with Gasteiger partial charge in [0.25, 0.3) is 0 Å². The Balaban J connectivity index is 2.55. The minimum Gasteiger partial charge on any atom is -0.490 e. The third kappa shape index (κ3) is 13.7. The fourth-order valence-corrected chi connectivity index (χ4v) is 3.94. The number of hydrogen-bond acceptors (Lipinski definition) is 6. The van der Waals surface area contributed by atoms with E-state index in [9.17, 15) is 19.5 Å². The van der Waals surface area contributed by atoms with Crippen LogP contribution in [0.25, 0.3) is 0 Å². The van der Waals surface area contributed by atoms with Gasteiger partial charge in [-0.15, -0.1) is 0 Å². The highest BCUT2D eigenvalue weighted by Crippen LogP contribution is 2.23. The largest absolute Gasteiger partial charge is 0.490 e. The van der Waals surface area contributed by atoms with Gasteiger partial charge < -0.3 is 25.2 Å². The Hall–Kier alpha value is -2.84. The van der Waals surface area contributed by atoms with Gasteiger partial charge in [0.15, 0.2) is 5.76 Å². The molecule has 1 rings (SSSR count). The van der Waals surface area contributed by atoms with Gasteiger partial charge in [0, 0.05) is 23.8 Å². The van der Waals surface area contributed by atoms with Crippen LogP contribution in [0.2, 0.25) is 0 Å². The van der Waals surface area contributed by atoms with E-state index >= 15 is 0 Å². The van der Waals surface area contributed by atoms with E-state index in [1.807, 2.05) is 52.8 Å². The number of nitrogens with one attached hydrogen (secondary N) is 2. The Morgan fingerprint density at radius 3 is 2.54 bits per heavy atom. The van der Waals surface area contributed by atoms with Crippen molar-refractivity contribution in [3.05, 3.63) is 59.0 Å². The van der Waals surface area contributed by atoms with Crippen LogP contribution in [0.4, 0.5) is 0 Å². The lowest BCUT2D eigenvalue weighted by Crippen LogP contribution is -2.52. The molecule has 1 aliphatic rings. The number of carbonyl (C=O) groups excluding carboxylic acids is 3. The number of aliphatic hydroxyl groups is 1. The van der Waals surface area contributed by atoms with Crippen LogP contribution < -0.4 is 10.6 Å². The minimum absolute atomic E-state index is 0.0200. The summed E-state index contributed by atoms with van der Waals surface area (Å²) in [5, 5.41) is 16.1. The molecule has 0 spiro atoms. The van der Waals surface area contributed by atoms with Gasteiger partial charge in [-0.05, 0) is 50.8 Å². The highest BCUT2D eigenvalue weighted by Gasteiger charge is 2.32. The molecule has 4 atom stereocenters. The van der Waals surface area contributed by atoms with Crippen molar-refractivity contribution in [2.75, 3.05) is 7.11 Å². The highest BCUT2D eigenvalue weighted by molar-refractivity contribution is 6.29. The Morgan fingerprint density at radius 1 is 1.26 bits per heavy atom. The van der Waals surface area contributed by atoms with Gasteiger partial charge >= 0.3 is 5.97 Å². The normalized spacial score (nSPS) is 19.4. The second kappa shape index (κ2) is 17.0. The van der Waals surface area contributed by atoms with Crippen LogP contribution in [-0.2, 0) is 23.9 Å². The molecule has 0 aliphatic carbocycles. The van der Waals surface area contributed by atoms with Crippen molar-refractivity contribution in [3.8, 4) is 0 Å². The number of hydrogen-bond donors (Lipinski definition) is 3. The first-order valence-electron chi connectivity index (χ1n) is 13.3. The second-order valence-corrected chi connectivity index (χ2v) is 11.5. The Labute approximate surface area is 238 Å². The molecule has 8 nitrogen and oxygen atoms in total. The molecule has 0 aromatic carbocycles. The molecular formula is C30H45ClN2O6. The SMILES string of the molecule is COC1=CC[C@@H]([C@@H](C)/C=C(C)/C=C\CCC(=O)N[C@H](C(=O)N/C=C\C[C@@H](O)C/C=C(\C)Cl)C(C)(C)C)OC1=O. The monoisotopic (exact) mass is 564 g/mol. The van der Waals surface area contributed by atoms with E-state index in [1.165, 1.54) is 13.3 Å². The number of amides is 2. The van der Waals surface area contributed by atoms with Crippen molar-refractivity contribution in [3.63, 3.8) is 0 Å². The second-order valence-electron chi connectivity index (χ2n) is 10.9. The summed E-state index contributed by atoms with van der Waals surface area (Å²) in [7, 11) is 1.45. The number of cyclic esters (lactones) is 1. The number of rotatable bonds is 14. The van der Waals surface area contributed by atoms with E-state index in [0.29, 0.717) is 30.7 Å². The van der Waals surface area contributed by atoms with E-state index < -0.39 is 23.5 Å². The fourth-order valence-electron chi connectivity index (χ4n) is 3.85. The van der Waals surface area contributed by atoms with E-state index in [-0.39, 0.29) is 36.0 Å². The van der Waals surface area contributed by atoms with Crippen molar-refractivity contribution in [2.24, 2.45) is 11.3 Å². The molecule has 0 fully saturated rings. The Bertz CT molecular complexity index is 986. The average Bonchev–Trinajstić information content (AvgIpc) is 2.85. The van der Waals surface area contributed by atoms with E-state index in [4.69, 9.17) is 21.1 Å². The number of aliphatic hydroxyl groups excluding tert-OH is 1. The lowest BCUT2D eigenvalue weighted by Gasteiger charge is -2.30. The molecule has 0 aromatic heterocycles. The molecule has 0 unspecified atom stereocenters. The molecule has 1 heterocycles. The smallest absolute Gasteiger partial charge is 0.373 e. The summed E-state index contributed by atoms with van der Waals surface area (Å²) in [6.07, 6.45) is 13.8. The van der Waals surface area contributed by atoms with Crippen molar-refractivity contribution in [1.82, 2.24) is 10.6 Å². The van der Waals surface area contributed by atoms with Gasteiger partial charge in [-0.3, -0.25) is 9.59 Å². The zero-order valence-corrected chi connectivity index (χ0v) is 25.0. The van der Waals surface area contributed by atoms with E-state index in [1.54, 1.807) is 25.2 Å². The minimum atomic E-state index is -0.723. The maximum absolute atomic E-state index is 12.8. The van der Waals surface area contributed by atoms with Crippen molar-refractivity contribution in [1.29, 1.82) is 0 Å². The summed E-state index contributed by atoms with van der Waals surface area (Å²) < 4.78 is 10.4. The average molecular weight is 565 g/mol. The third-order valence-electron chi connectivity index (χ3n) is 6.10. The molecule has 9 heteroatoms. The predicted octanol–water partition coefficient (Wildman–Crippen LogP) is 5.20. The van der Waals surface area contributed by atoms with Crippen LogP contribution >= 0.6 is 11.6 Å². The summed E-state index contributed by atoms with van der Waals surface area (Å²) in [4.78, 5) is 37.2. The molecule has 0 radical (unpaired) electrons. The molecule has 1 aliphatic heterocycles. The van der Waals surface area contributed by atoms with Gasteiger partial charge in [-0.2, -0.15) is 0 Å². The molecule has 0 bridgehead atoms. The molecule has 3 N–H and O–H groups in total. The fraction of sp³-hybridized carbons (Fsp3) is 0.567. The van der Waals surface area contributed by atoms with Crippen LogP contribution in [0.15, 0.2) is 59.0 Å². The molecule has 2 amide bonds. The number of carbonyl (C=O) groups is 3. The summed E-state index contributed by atoms with van der Waals surface area (Å²) >= 11 is 5.77. The van der Waals surface area contributed by atoms with Crippen LogP contribution in [-0.4, -0.2) is 48.2 Å². The van der Waals surface area contributed by atoms with Gasteiger partial charge in [0.2, 0.25) is 11.8 Å². The third-order valence-corrected chi connectivity index (χ3v) is 6.26. The van der Waals surface area contributed by atoms with Gasteiger partial charge in [-0.25, -0.2) is 4.79 Å². The van der Waals surface area contributed by atoms with E-state index in [2.05, 4.69) is 10.6 Å². The molecule has 39 heavy (non-hydrogen) atoms. The number of halogens is 1. The standard InChI is InChI=1S/C30H45ClN2O6/c1-20(19-21(2)24-16-17-25(38-7)29(37)39-24)11-8-9-13-26(35)33-27(30(4,5)6)28(36)32-18-10-12-23(34)15-14-22(3)31/h8,10-11,14,17-19,21,23-24,27,34H,9,12-13,15-16H2,1-7H3,(H,32,36)(H,33,35)/b11-8-,18-10-,20-19+,22-14+/t21-,23+,24-,27+/m0/s1. The van der Waals surface area contributed by atoms with E-state index in [0.717, 1.165) is 5.57 Å². The summed E-state index contributed by atoms with van der Waals surface area (Å²) in [6, 6.07) is -0.723. The molecule has 0 aromatic rings. The number of ether oxygens (including phenoxy) is 2. The predicted molar refractivity (Wildman–Crippen MR) is 154 cm³/mol. The zero-order chi connectivity index (χ0) is 29.6. The lowest BCUT2D eigenvalue weighted by atomic mass is 9.86. The molecule has 0 saturated heterocycles. The van der Waals surface area contributed by atoms with Crippen LogP contribution in [0.3, 0.4) is 0 Å². The van der Waals surface area contributed by atoms with Crippen molar-refractivity contribution in [2.45, 2.75) is 91.9 Å². The summed E-state index contributed by atoms with van der Waals surface area (Å²) in [5.74, 6) is -0.733. The Morgan fingerprint density at radius 2 is 1.95 bits per heavy atom. The molecule has 218 valence electrons. The highest BCUT2D eigenvalue weighted by atomic mass is 35.5. The maximum atomic E-state index is 12.8. The molecule has 0 saturated carbocycles. The summed E-state index contributed by atoms with van der Waals surface area (Å²) in [5.41, 5.74) is 0.501. The first kappa shape index (κ1) is 34.2. The topological polar surface area (TPSA) is 114 Å². The van der Waals surface area contributed by atoms with Gasteiger partial charge in [0.05, 0.1) is 13.2 Å². The van der Waals surface area contributed by atoms with Crippen LogP contribution in [0.5, 0.6) is 0 Å². The van der Waals surface area contributed by atoms with Gasteiger partial charge in [0.1, 0.15) is 12.1 Å². The summed E-state index contributed by atoms with van der Waals surface area (Å²) in [6.45, 7) is 11.3. The van der Waals surface area contributed by atoms with Crippen LogP contribution in [0.1, 0.15) is 73.6 Å². The zero-order valence-electron chi connectivity index (χ0n) is 24.3. The van der Waals surface area contributed by atoms with Gasteiger partial charge in [-0.1, -0.05) is 75.2 Å². The van der Waals surface area contributed by atoms with Crippen molar-refractivity contribution < 1.29 is 29.0 Å². The lowest BCUT2D eigenvalue weighted by molar-refractivity contribution is -0.151. The van der Waals surface area contributed by atoms with Crippen LogP contribution in [0, 0.1) is 11.3 Å². The Kier molecular flexibility index (Phi) is 14.9. The van der Waals surface area contributed by atoms with Crippen molar-refractivity contribution >= 4 is 29.4 Å². The number of allylic oxidation sites excluding steroid dienone is 4. The quantitative estimate of drug-likeness (QED) is 0.197. The first-order valence-corrected chi connectivity index (χ1v) is 13.7. The molecular weight excluding hydrogens is 520 g/mol.